The van der Waals surface area contributed by atoms with E-state index in [4.69, 9.17) is 16.3 Å². The Bertz CT molecular complexity index is 1450. The van der Waals surface area contributed by atoms with E-state index in [0.29, 0.717) is 36.3 Å². The summed E-state index contributed by atoms with van der Waals surface area (Å²) in [4.78, 5) is 7.42. The molecule has 3 fully saturated rings. The zero-order chi connectivity index (χ0) is 27.8. The smallest absolute Gasteiger partial charge is 0.283 e. The molecule has 4 aliphatic rings. The summed E-state index contributed by atoms with van der Waals surface area (Å²) >= 11 is 6.30. The fraction of sp³-hybridized carbons (Fsp3) is 0.519. The van der Waals surface area contributed by atoms with E-state index < -0.39 is 36.3 Å². The Morgan fingerprint density at radius 3 is 2.55 bits per heavy atom. The summed E-state index contributed by atoms with van der Waals surface area (Å²) in [5.74, 6) is -2.86. The first kappa shape index (κ1) is 26.1. The van der Waals surface area contributed by atoms with E-state index >= 15 is 0 Å². The highest BCUT2D eigenvalue weighted by Gasteiger charge is 2.54. The van der Waals surface area contributed by atoms with Crippen LogP contribution in [0.5, 0.6) is 0 Å². The van der Waals surface area contributed by atoms with Gasteiger partial charge in [0.2, 0.25) is 0 Å². The third-order valence-electron chi connectivity index (χ3n) is 8.63. The lowest BCUT2D eigenvalue weighted by Gasteiger charge is -2.59. The highest BCUT2D eigenvalue weighted by atomic mass is 35.5. The molecule has 7 rings (SSSR count). The second-order valence-corrected chi connectivity index (χ2v) is 12.0. The second-order valence-electron chi connectivity index (χ2n) is 11.5. The van der Waals surface area contributed by atoms with Crippen molar-refractivity contribution in [3.63, 3.8) is 0 Å². The fourth-order valence-electron chi connectivity index (χ4n) is 6.50. The van der Waals surface area contributed by atoms with E-state index in [2.05, 4.69) is 15.2 Å². The van der Waals surface area contributed by atoms with E-state index in [-0.39, 0.29) is 31.1 Å². The van der Waals surface area contributed by atoms with Gasteiger partial charge in [-0.15, -0.1) is 10.2 Å². The lowest BCUT2D eigenvalue weighted by molar-refractivity contribution is -0.179. The van der Waals surface area contributed by atoms with Crippen molar-refractivity contribution >= 4 is 17.4 Å². The van der Waals surface area contributed by atoms with Crippen molar-refractivity contribution in [2.75, 3.05) is 37.7 Å². The van der Waals surface area contributed by atoms with E-state index in [0.717, 1.165) is 36.0 Å². The van der Waals surface area contributed by atoms with Gasteiger partial charge in [-0.05, 0) is 48.7 Å². The largest absolute Gasteiger partial charge is 0.380 e. The van der Waals surface area contributed by atoms with Gasteiger partial charge < -0.3 is 9.64 Å². The molecule has 2 aromatic heterocycles. The summed E-state index contributed by atoms with van der Waals surface area (Å²) in [6.45, 7) is 1.50. The number of hydrogen-bond donors (Lipinski definition) is 0. The van der Waals surface area contributed by atoms with Gasteiger partial charge >= 0.3 is 0 Å². The molecule has 7 nitrogen and oxygen atoms in total. The third kappa shape index (κ3) is 4.35. The zero-order valence-electron chi connectivity index (χ0n) is 21.3. The summed E-state index contributed by atoms with van der Waals surface area (Å²) in [5.41, 5.74) is 0.824. The maximum atomic E-state index is 14.9. The van der Waals surface area contributed by atoms with Crippen molar-refractivity contribution in [3.8, 4) is 5.69 Å². The van der Waals surface area contributed by atoms with Gasteiger partial charge in [-0.2, -0.15) is 0 Å². The van der Waals surface area contributed by atoms with Crippen molar-refractivity contribution in [2.45, 2.75) is 44.2 Å². The highest BCUT2D eigenvalue weighted by molar-refractivity contribution is 6.30. The maximum absolute atomic E-state index is 14.9. The molecule has 40 heavy (non-hydrogen) atoms. The number of pyridine rings is 1. The van der Waals surface area contributed by atoms with Crippen LogP contribution in [0.2, 0.25) is 5.02 Å². The van der Waals surface area contributed by atoms with Crippen LogP contribution in [0.3, 0.4) is 0 Å². The zero-order valence-corrected chi connectivity index (χ0v) is 22.1. The Morgan fingerprint density at radius 2 is 1.85 bits per heavy atom. The SMILES string of the molecule is Fc1ccc(N2CC3(CC(c4nnc5n4-c4ccc(Cl)cc4CN(CC(F)(F)C4COC4)C5)C3)C2)nc1C(F)F. The number of fused-ring (bicyclic) bond motifs is 3. The minimum atomic E-state index is -2.97. The molecule has 3 aliphatic heterocycles. The van der Waals surface area contributed by atoms with Gasteiger partial charge in [-0.25, -0.2) is 26.9 Å². The molecular formula is C27H26ClF5N6O. The molecule has 0 N–H and O–H groups in total. The molecule has 1 saturated carbocycles. The Kier molecular flexibility index (Phi) is 6.10. The van der Waals surface area contributed by atoms with Gasteiger partial charge in [0.05, 0.1) is 37.9 Å². The number of rotatable bonds is 6. The van der Waals surface area contributed by atoms with Gasteiger partial charge in [0.15, 0.2) is 11.6 Å². The Morgan fingerprint density at radius 1 is 1.07 bits per heavy atom. The first-order valence-corrected chi connectivity index (χ1v) is 13.6. The first-order chi connectivity index (χ1) is 19.1. The molecule has 5 heterocycles. The molecule has 0 atom stereocenters. The lowest BCUT2D eigenvalue weighted by atomic mass is 9.57. The molecule has 0 amide bonds. The van der Waals surface area contributed by atoms with Gasteiger partial charge in [-0.3, -0.25) is 9.47 Å². The lowest BCUT2D eigenvalue weighted by Crippen LogP contribution is -2.62. The van der Waals surface area contributed by atoms with Crippen LogP contribution in [-0.4, -0.2) is 63.4 Å². The normalized spacial score (nSPS) is 21.0. The van der Waals surface area contributed by atoms with Crippen molar-refractivity contribution in [3.05, 3.63) is 64.1 Å². The predicted molar refractivity (Wildman–Crippen MR) is 136 cm³/mol. The monoisotopic (exact) mass is 580 g/mol. The number of aromatic nitrogens is 4. The average Bonchev–Trinajstić information content (AvgIpc) is 3.12. The fourth-order valence-corrected chi connectivity index (χ4v) is 6.70. The molecule has 2 saturated heterocycles. The number of ether oxygens (including phenoxy) is 1. The summed E-state index contributed by atoms with van der Waals surface area (Å²) in [5, 5.41) is 9.47. The van der Waals surface area contributed by atoms with Crippen LogP contribution in [-0.2, 0) is 17.8 Å². The standard InChI is InChI=1S/C27H26ClF5N6O/c28-18-1-3-20-15(5-18)8-37(14-27(32,33)17-10-40-11-17)9-22-35-36-25(39(20)22)16-6-26(7-16)12-38(13-26)21-4-2-19(29)23(34-21)24(30)31/h1-5,16-17,24H,6-14H2. The number of anilines is 1. The number of halogens is 6. The number of hydrogen-bond acceptors (Lipinski definition) is 6. The topological polar surface area (TPSA) is 59.3 Å². The molecule has 1 aromatic carbocycles. The van der Waals surface area contributed by atoms with E-state index in [1.165, 1.54) is 6.07 Å². The van der Waals surface area contributed by atoms with Crippen LogP contribution in [0.15, 0.2) is 30.3 Å². The molecule has 0 unspecified atom stereocenters. The molecule has 1 spiro atoms. The number of alkyl halides is 4. The van der Waals surface area contributed by atoms with Gasteiger partial charge in [0.1, 0.15) is 17.3 Å². The quantitative estimate of drug-likeness (QED) is 0.365. The molecular weight excluding hydrogens is 555 g/mol. The van der Waals surface area contributed by atoms with Crippen LogP contribution >= 0.6 is 11.6 Å². The third-order valence-corrected chi connectivity index (χ3v) is 8.87. The van der Waals surface area contributed by atoms with Crippen LogP contribution < -0.4 is 4.90 Å². The second kappa shape index (κ2) is 9.35. The van der Waals surface area contributed by atoms with Crippen molar-refractivity contribution in [1.29, 1.82) is 0 Å². The Hall–Kier alpha value is -2.83. The molecule has 0 bridgehead atoms. The number of nitrogens with zero attached hydrogens (tertiary/aromatic N) is 6. The predicted octanol–water partition coefficient (Wildman–Crippen LogP) is 5.37. The van der Waals surface area contributed by atoms with Crippen molar-refractivity contribution in [2.24, 2.45) is 11.3 Å². The summed E-state index contributed by atoms with van der Waals surface area (Å²) in [6, 6.07) is 7.93. The summed E-state index contributed by atoms with van der Waals surface area (Å²) in [6.07, 6.45) is -1.34. The minimum absolute atomic E-state index is 0.00931. The summed E-state index contributed by atoms with van der Waals surface area (Å²) < 4.78 is 76.7. The van der Waals surface area contributed by atoms with Crippen molar-refractivity contribution in [1.82, 2.24) is 24.6 Å². The average molecular weight is 581 g/mol. The molecule has 212 valence electrons. The van der Waals surface area contributed by atoms with Gasteiger partial charge in [-0.1, -0.05) is 11.6 Å². The molecule has 3 aromatic rings. The molecule has 13 heteroatoms. The Balaban J connectivity index is 1.10. The van der Waals surface area contributed by atoms with Crippen molar-refractivity contribution < 1.29 is 26.7 Å². The van der Waals surface area contributed by atoms with Crippen LogP contribution in [0.1, 0.15) is 48.1 Å². The van der Waals surface area contributed by atoms with E-state index in [1.54, 1.807) is 11.0 Å². The maximum Gasteiger partial charge on any atom is 0.283 e. The van der Waals surface area contributed by atoms with E-state index in [9.17, 15) is 22.0 Å². The Labute approximate surface area is 231 Å². The summed E-state index contributed by atoms with van der Waals surface area (Å²) in [7, 11) is 0. The van der Waals surface area contributed by atoms with Crippen LogP contribution in [0.4, 0.5) is 27.8 Å². The number of benzene rings is 1. The van der Waals surface area contributed by atoms with Gasteiger partial charge in [0, 0.05) is 36.0 Å². The van der Waals surface area contributed by atoms with E-state index in [1.807, 2.05) is 21.6 Å². The van der Waals surface area contributed by atoms with Crippen LogP contribution in [0, 0.1) is 17.2 Å². The first-order valence-electron chi connectivity index (χ1n) is 13.2. The van der Waals surface area contributed by atoms with Gasteiger partial charge in [0.25, 0.3) is 12.3 Å². The highest BCUT2D eigenvalue weighted by Crippen LogP contribution is 2.56. The molecule has 1 aliphatic carbocycles. The van der Waals surface area contributed by atoms with Crippen LogP contribution in [0.25, 0.3) is 5.69 Å². The minimum Gasteiger partial charge on any atom is -0.380 e. The molecule has 0 radical (unpaired) electrons.